The summed E-state index contributed by atoms with van der Waals surface area (Å²) in [5.41, 5.74) is 1.61. The van der Waals surface area contributed by atoms with Crippen molar-refractivity contribution in [1.82, 2.24) is 0 Å². The van der Waals surface area contributed by atoms with Crippen LogP contribution in [0.1, 0.15) is 28.3 Å². The van der Waals surface area contributed by atoms with Crippen LogP contribution < -0.4 is 4.74 Å². The lowest BCUT2D eigenvalue weighted by molar-refractivity contribution is 0.0733. The SMILES string of the molecule is O=C(Oc1ccccc1C1C=CC=CC1)c1ccccc1. The van der Waals surface area contributed by atoms with Crippen molar-refractivity contribution in [3.05, 3.63) is 90.0 Å². The third-order valence-corrected chi connectivity index (χ3v) is 3.51. The minimum atomic E-state index is -0.321. The summed E-state index contributed by atoms with van der Waals surface area (Å²) in [6, 6.07) is 16.8. The summed E-state index contributed by atoms with van der Waals surface area (Å²) in [7, 11) is 0. The van der Waals surface area contributed by atoms with Gasteiger partial charge in [0.05, 0.1) is 5.56 Å². The molecule has 2 nitrogen and oxygen atoms in total. The predicted molar refractivity (Wildman–Crippen MR) is 83.5 cm³/mol. The summed E-state index contributed by atoms with van der Waals surface area (Å²) in [6.45, 7) is 0. The van der Waals surface area contributed by atoms with E-state index in [2.05, 4.69) is 12.2 Å². The zero-order valence-corrected chi connectivity index (χ0v) is 11.6. The van der Waals surface area contributed by atoms with Crippen molar-refractivity contribution in [2.45, 2.75) is 12.3 Å². The zero-order chi connectivity index (χ0) is 14.5. The van der Waals surface area contributed by atoms with Gasteiger partial charge in [-0.3, -0.25) is 0 Å². The van der Waals surface area contributed by atoms with Crippen LogP contribution in [0.3, 0.4) is 0 Å². The van der Waals surface area contributed by atoms with Crippen LogP contribution in [0.15, 0.2) is 78.9 Å². The molecule has 0 radical (unpaired) electrons. The summed E-state index contributed by atoms with van der Waals surface area (Å²) in [5, 5.41) is 0. The van der Waals surface area contributed by atoms with E-state index >= 15 is 0 Å². The smallest absolute Gasteiger partial charge is 0.343 e. The Balaban J connectivity index is 1.84. The van der Waals surface area contributed by atoms with Crippen LogP contribution in [0, 0.1) is 0 Å². The molecule has 0 heterocycles. The van der Waals surface area contributed by atoms with Crippen LogP contribution in [0.4, 0.5) is 0 Å². The van der Waals surface area contributed by atoms with E-state index in [1.165, 1.54) is 0 Å². The van der Waals surface area contributed by atoms with Crippen LogP contribution in [0.5, 0.6) is 5.75 Å². The van der Waals surface area contributed by atoms with Crippen molar-refractivity contribution in [3.8, 4) is 5.75 Å². The lowest BCUT2D eigenvalue weighted by atomic mass is 9.92. The van der Waals surface area contributed by atoms with Crippen molar-refractivity contribution >= 4 is 5.97 Å². The quantitative estimate of drug-likeness (QED) is 0.609. The van der Waals surface area contributed by atoms with E-state index < -0.39 is 0 Å². The van der Waals surface area contributed by atoms with Crippen molar-refractivity contribution in [1.29, 1.82) is 0 Å². The molecule has 0 aromatic heterocycles. The highest BCUT2D eigenvalue weighted by atomic mass is 16.5. The van der Waals surface area contributed by atoms with Gasteiger partial charge in [-0.15, -0.1) is 0 Å². The Hall–Kier alpha value is -2.61. The number of allylic oxidation sites excluding steroid dienone is 4. The molecule has 0 saturated heterocycles. The lowest BCUT2D eigenvalue weighted by Crippen LogP contribution is -2.10. The maximum atomic E-state index is 12.2. The van der Waals surface area contributed by atoms with Gasteiger partial charge in [-0.2, -0.15) is 0 Å². The first-order valence-corrected chi connectivity index (χ1v) is 7.04. The Morgan fingerprint density at radius 2 is 1.71 bits per heavy atom. The largest absolute Gasteiger partial charge is 0.423 e. The highest BCUT2D eigenvalue weighted by Gasteiger charge is 2.16. The molecule has 0 N–H and O–H groups in total. The highest BCUT2D eigenvalue weighted by Crippen LogP contribution is 2.32. The van der Waals surface area contributed by atoms with Gasteiger partial charge < -0.3 is 4.74 Å². The molecule has 0 aliphatic heterocycles. The van der Waals surface area contributed by atoms with Gasteiger partial charge in [0.1, 0.15) is 5.75 Å². The number of para-hydroxylation sites is 1. The van der Waals surface area contributed by atoms with Crippen LogP contribution in [-0.2, 0) is 0 Å². The second-order valence-corrected chi connectivity index (χ2v) is 4.95. The number of hydrogen-bond acceptors (Lipinski definition) is 2. The van der Waals surface area contributed by atoms with Crippen LogP contribution in [0.2, 0.25) is 0 Å². The van der Waals surface area contributed by atoms with E-state index in [4.69, 9.17) is 4.74 Å². The fourth-order valence-corrected chi connectivity index (χ4v) is 2.42. The summed E-state index contributed by atoms with van der Waals surface area (Å²) in [4.78, 5) is 12.2. The van der Waals surface area contributed by atoms with Gasteiger partial charge >= 0.3 is 5.97 Å². The molecule has 1 atom stereocenters. The van der Waals surface area contributed by atoms with Gasteiger partial charge in [0.2, 0.25) is 0 Å². The summed E-state index contributed by atoms with van der Waals surface area (Å²) in [6.07, 6.45) is 9.26. The van der Waals surface area contributed by atoms with Gasteiger partial charge in [0.25, 0.3) is 0 Å². The molecule has 0 amide bonds. The molecule has 2 aromatic rings. The normalized spacial score (nSPS) is 16.7. The van der Waals surface area contributed by atoms with E-state index in [9.17, 15) is 4.79 Å². The number of carbonyl (C=O) groups is 1. The van der Waals surface area contributed by atoms with Crippen LogP contribution >= 0.6 is 0 Å². The third-order valence-electron chi connectivity index (χ3n) is 3.51. The van der Waals surface area contributed by atoms with Crippen LogP contribution in [0.25, 0.3) is 0 Å². The monoisotopic (exact) mass is 276 g/mol. The molecular formula is C19H16O2. The molecule has 0 bridgehead atoms. The van der Waals surface area contributed by atoms with Gasteiger partial charge in [-0.1, -0.05) is 60.7 Å². The number of hydrogen-bond donors (Lipinski definition) is 0. The standard InChI is InChI=1S/C19H16O2/c20-19(16-11-5-2-6-12-16)21-18-14-8-7-13-17(18)15-9-3-1-4-10-15/h1-9,11-15H,10H2. The molecule has 3 rings (SSSR count). The number of rotatable bonds is 3. The Kier molecular flexibility index (Phi) is 3.97. The predicted octanol–water partition coefficient (Wildman–Crippen LogP) is 4.51. The third kappa shape index (κ3) is 3.11. The first-order chi connectivity index (χ1) is 10.3. The fourth-order valence-electron chi connectivity index (χ4n) is 2.42. The van der Waals surface area contributed by atoms with Gasteiger partial charge in [0.15, 0.2) is 0 Å². The summed E-state index contributed by atoms with van der Waals surface area (Å²) < 4.78 is 5.59. The van der Waals surface area contributed by atoms with Crippen LogP contribution in [-0.4, -0.2) is 5.97 Å². The molecular weight excluding hydrogens is 260 g/mol. The molecule has 1 aliphatic rings. The molecule has 2 aromatic carbocycles. The molecule has 104 valence electrons. The number of carbonyl (C=O) groups excluding carboxylic acids is 1. The average Bonchev–Trinajstić information content (AvgIpc) is 2.57. The topological polar surface area (TPSA) is 26.3 Å². The summed E-state index contributed by atoms with van der Waals surface area (Å²) >= 11 is 0. The Labute approximate surface area is 124 Å². The first-order valence-electron chi connectivity index (χ1n) is 7.04. The molecule has 21 heavy (non-hydrogen) atoms. The Bertz CT molecular complexity index is 684. The molecule has 1 aliphatic carbocycles. The fraction of sp³-hybridized carbons (Fsp3) is 0.105. The van der Waals surface area contributed by atoms with Crippen molar-refractivity contribution in [2.75, 3.05) is 0 Å². The zero-order valence-electron chi connectivity index (χ0n) is 11.6. The molecule has 0 saturated carbocycles. The van der Waals surface area contributed by atoms with E-state index in [1.807, 2.05) is 54.6 Å². The van der Waals surface area contributed by atoms with Crippen molar-refractivity contribution in [2.24, 2.45) is 0 Å². The average molecular weight is 276 g/mol. The van der Waals surface area contributed by atoms with E-state index in [-0.39, 0.29) is 11.9 Å². The molecule has 0 spiro atoms. The molecule has 0 fully saturated rings. The van der Waals surface area contributed by atoms with Gasteiger partial charge in [-0.25, -0.2) is 4.79 Å². The molecule has 1 unspecified atom stereocenters. The minimum absolute atomic E-state index is 0.259. The van der Waals surface area contributed by atoms with E-state index in [0.717, 1.165) is 12.0 Å². The van der Waals surface area contributed by atoms with Gasteiger partial charge in [-0.05, 0) is 24.6 Å². The number of ether oxygens (including phenoxy) is 1. The summed E-state index contributed by atoms with van der Waals surface area (Å²) in [5.74, 6) is 0.574. The lowest BCUT2D eigenvalue weighted by Gasteiger charge is -2.17. The number of esters is 1. The molecule has 2 heteroatoms. The van der Waals surface area contributed by atoms with Gasteiger partial charge in [0, 0.05) is 11.5 Å². The van der Waals surface area contributed by atoms with Crippen molar-refractivity contribution in [3.63, 3.8) is 0 Å². The van der Waals surface area contributed by atoms with E-state index in [1.54, 1.807) is 12.1 Å². The maximum absolute atomic E-state index is 12.2. The second kappa shape index (κ2) is 6.23. The Morgan fingerprint density at radius 1 is 0.952 bits per heavy atom. The second-order valence-electron chi connectivity index (χ2n) is 4.95. The maximum Gasteiger partial charge on any atom is 0.343 e. The highest BCUT2D eigenvalue weighted by molar-refractivity contribution is 5.91. The van der Waals surface area contributed by atoms with E-state index in [0.29, 0.717) is 11.3 Å². The Morgan fingerprint density at radius 3 is 2.48 bits per heavy atom. The van der Waals surface area contributed by atoms with Crippen molar-refractivity contribution < 1.29 is 9.53 Å². The number of benzene rings is 2. The first kappa shape index (κ1) is 13.4. The minimum Gasteiger partial charge on any atom is -0.423 e.